The molecule has 0 aromatic heterocycles. The van der Waals surface area contributed by atoms with Crippen molar-refractivity contribution in [2.45, 2.75) is 19.8 Å². The third-order valence-corrected chi connectivity index (χ3v) is 2.73. The number of nitrogens with two attached hydrogens (primary N) is 1. The summed E-state index contributed by atoms with van der Waals surface area (Å²) in [4.78, 5) is 0. The summed E-state index contributed by atoms with van der Waals surface area (Å²) in [5.74, 6) is 0. The first-order chi connectivity index (χ1) is 8.29. The predicted molar refractivity (Wildman–Crippen MR) is 74.6 cm³/mol. The van der Waals surface area contributed by atoms with Crippen molar-refractivity contribution in [3.63, 3.8) is 0 Å². The molecule has 0 aliphatic heterocycles. The van der Waals surface area contributed by atoms with E-state index in [-0.39, 0.29) is 0 Å². The Morgan fingerprint density at radius 2 is 1.71 bits per heavy atom. The van der Waals surface area contributed by atoms with Gasteiger partial charge in [0, 0.05) is 17.1 Å². The minimum atomic E-state index is 0.789. The van der Waals surface area contributed by atoms with Crippen molar-refractivity contribution in [2.75, 3.05) is 11.1 Å². The SMILES string of the molecule is CCCc1ccccc1Nc1ccc(N)cc1. The number of anilines is 3. The maximum atomic E-state index is 5.67. The molecule has 3 N–H and O–H groups in total. The van der Waals surface area contributed by atoms with E-state index in [0.29, 0.717) is 0 Å². The Balaban J connectivity index is 2.20. The molecule has 0 unspecified atom stereocenters. The standard InChI is InChI=1S/C15H18N2/c1-2-5-12-6-3-4-7-15(12)17-14-10-8-13(16)9-11-14/h3-4,6-11,17H,2,5,16H2,1H3. The molecule has 2 aromatic rings. The third-order valence-electron chi connectivity index (χ3n) is 2.73. The average Bonchev–Trinajstić information content (AvgIpc) is 2.35. The normalized spacial score (nSPS) is 10.2. The zero-order valence-corrected chi connectivity index (χ0v) is 10.1. The quantitative estimate of drug-likeness (QED) is 0.774. The molecule has 0 heterocycles. The second-order valence-electron chi connectivity index (χ2n) is 4.15. The molecular formula is C15H18N2. The summed E-state index contributed by atoms with van der Waals surface area (Å²) in [7, 11) is 0. The average molecular weight is 226 g/mol. The molecule has 0 aliphatic rings. The fourth-order valence-corrected chi connectivity index (χ4v) is 1.85. The summed E-state index contributed by atoms with van der Waals surface area (Å²) >= 11 is 0. The van der Waals surface area contributed by atoms with Gasteiger partial charge in [0.15, 0.2) is 0 Å². The molecule has 0 bridgehead atoms. The summed E-state index contributed by atoms with van der Waals surface area (Å²) in [5.41, 5.74) is 10.1. The van der Waals surface area contributed by atoms with Gasteiger partial charge in [-0.15, -0.1) is 0 Å². The van der Waals surface area contributed by atoms with Gasteiger partial charge in [0.1, 0.15) is 0 Å². The molecule has 0 atom stereocenters. The van der Waals surface area contributed by atoms with Crippen LogP contribution in [0.15, 0.2) is 48.5 Å². The highest BCUT2D eigenvalue weighted by Crippen LogP contribution is 2.22. The number of nitrogen functional groups attached to an aromatic ring is 1. The van der Waals surface area contributed by atoms with Crippen LogP contribution in [0.4, 0.5) is 17.1 Å². The van der Waals surface area contributed by atoms with Crippen LogP contribution in [-0.4, -0.2) is 0 Å². The lowest BCUT2D eigenvalue weighted by atomic mass is 10.1. The largest absolute Gasteiger partial charge is 0.399 e. The number of para-hydroxylation sites is 1. The summed E-state index contributed by atoms with van der Waals surface area (Å²) < 4.78 is 0. The number of nitrogens with one attached hydrogen (secondary N) is 1. The molecule has 0 saturated carbocycles. The molecule has 2 rings (SSSR count). The van der Waals surface area contributed by atoms with Crippen LogP contribution in [0.2, 0.25) is 0 Å². The number of rotatable bonds is 4. The van der Waals surface area contributed by atoms with Gasteiger partial charge in [-0.05, 0) is 42.3 Å². The molecule has 2 heteroatoms. The van der Waals surface area contributed by atoms with Crippen molar-refractivity contribution in [2.24, 2.45) is 0 Å². The number of benzene rings is 2. The first-order valence-electron chi connectivity index (χ1n) is 6.00. The minimum absolute atomic E-state index is 0.789. The Hall–Kier alpha value is -1.96. The zero-order valence-electron chi connectivity index (χ0n) is 10.1. The van der Waals surface area contributed by atoms with Crippen molar-refractivity contribution in [3.05, 3.63) is 54.1 Å². The molecule has 2 aromatic carbocycles. The van der Waals surface area contributed by atoms with E-state index in [2.05, 4.69) is 36.5 Å². The molecule has 0 fully saturated rings. The van der Waals surface area contributed by atoms with Crippen LogP contribution in [0.1, 0.15) is 18.9 Å². The lowest BCUT2D eigenvalue weighted by molar-refractivity contribution is 0.923. The van der Waals surface area contributed by atoms with Crippen molar-refractivity contribution in [1.29, 1.82) is 0 Å². The molecule has 17 heavy (non-hydrogen) atoms. The van der Waals surface area contributed by atoms with Crippen molar-refractivity contribution in [3.8, 4) is 0 Å². The maximum absolute atomic E-state index is 5.67. The van der Waals surface area contributed by atoms with Crippen LogP contribution >= 0.6 is 0 Å². The van der Waals surface area contributed by atoms with E-state index >= 15 is 0 Å². The molecule has 0 saturated heterocycles. The lowest BCUT2D eigenvalue weighted by Crippen LogP contribution is -1.96. The lowest BCUT2D eigenvalue weighted by Gasteiger charge is -2.11. The van der Waals surface area contributed by atoms with Crippen molar-refractivity contribution in [1.82, 2.24) is 0 Å². The molecule has 0 aliphatic carbocycles. The van der Waals surface area contributed by atoms with Gasteiger partial charge in [-0.1, -0.05) is 31.5 Å². The van der Waals surface area contributed by atoms with Gasteiger partial charge in [-0.2, -0.15) is 0 Å². The third kappa shape index (κ3) is 3.00. The van der Waals surface area contributed by atoms with E-state index in [4.69, 9.17) is 5.73 Å². The summed E-state index contributed by atoms with van der Waals surface area (Å²) in [5, 5.41) is 3.43. The van der Waals surface area contributed by atoms with Crippen molar-refractivity contribution < 1.29 is 0 Å². The van der Waals surface area contributed by atoms with Crippen LogP contribution in [0, 0.1) is 0 Å². The first kappa shape index (κ1) is 11.5. The second kappa shape index (κ2) is 5.39. The molecule has 0 radical (unpaired) electrons. The van der Waals surface area contributed by atoms with Crippen LogP contribution < -0.4 is 11.1 Å². The minimum Gasteiger partial charge on any atom is -0.399 e. The fraction of sp³-hybridized carbons (Fsp3) is 0.200. The second-order valence-corrected chi connectivity index (χ2v) is 4.15. The van der Waals surface area contributed by atoms with E-state index in [1.807, 2.05) is 24.3 Å². The number of hydrogen-bond donors (Lipinski definition) is 2. The summed E-state index contributed by atoms with van der Waals surface area (Å²) in [6.07, 6.45) is 2.25. The maximum Gasteiger partial charge on any atom is 0.0416 e. The molecule has 0 spiro atoms. The topological polar surface area (TPSA) is 38.0 Å². The van der Waals surface area contributed by atoms with Gasteiger partial charge in [-0.25, -0.2) is 0 Å². The number of aryl methyl sites for hydroxylation is 1. The molecular weight excluding hydrogens is 208 g/mol. The van der Waals surface area contributed by atoms with Crippen LogP contribution in [0.3, 0.4) is 0 Å². The monoisotopic (exact) mass is 226 g/mol. The Morgan fingerprint density at radius 3 is 2.41 bits per heavy atom. The van der Waals surface area contributed by atoms with E-state index in [1.165, 1.54) is 11.3 Å². The van der Waals surface area contributed by atoms with Gasteiger partial charge in [0.2, 0.25) is 0 Å². The van der Waals surface area contributed by atoms with E-state index in [0.717, 1.165) is 24.2 Å². The smallest absolute Gasteiger partial charge is 0.0416 e. The van der Waals surface area contributed by atoms with Crippen LogP contribution in [-0.2, 0) is 6.42 Å². The van der Waals surface area contributed by atoms with Crippen molar-refractivity contribution >= 4 is 17.1 Å². The Labute approximate surface area is 102 Å². The Kier molecular flexibility index (Phi) is 3.66. The molecule has 2 nitrogen and oxygen atoms in total. The first-order valence-corrected chi connectivity index (χ1v) is 6.00. The van der Waals surface area contributed by atoms with E-state index in [1.54, 1.807) is 0 Å². The van der Waals surface area contributed by atoms with E-state index < -0.39 is 0 Å². The highest BCUT2D eigenvalue weighted by atomic mass is 14.9. The van der Waals surface area contributed by atoms with Gasteiger partial charge in [0.05, 0.1) is 0 Å². The van der Waals surface area contributed by atoms with Gasteiger partial charge in [-0.3, -0.25) is 0 Å². The number of hydrogen-bond acceptors (Lipinski definition) is 2. The van der Waals surface area contributed by atoms with Crippen LogP contribution in [0.5, 0.6) is 0 Å². The highest BCUT2D eigenvalue weighted by molar-refractivity contribution is 5.64. The van der Waals surface area contributed by atoms with Gasteiger partial charge >= 0.3 is 0 Å². The van der Waals surface area contributed by atoms with Gasteiger partial charge < -0.3 is 11.1 Å². The Bertz CT molecular complexity index is 475. The zero-order chi connectivity index (χ0) is 12.1. The highest BCUT2D eigenvalue weighted by Gasteiger charge is 2.00. The van der Waals surface area contributed by atoms with Crippen LogP contribution in [0.25, 0.3) is 0 Å². The molecule has 88 valence electrons. The predicted octanol–water partition coefficient (Wildman–Crippen LogP) is 3.96. The summed E-state index contributed by atoms with van der Waals surface area (Å²) in [6, 6.07) is 16.2. The fourth-order valence-electron chi connectivity index (χ4n) is 1.85. The summed E-state index contributed by atoms with van der Waals surface area (Å²) in [6.45, 7) is 2.19. The van der Waals surface area contributed by atoms with E-state index in [9.17, 15) is 0 Å². The Morgan fingerprint density at radius 1 is 1.00 bits per heavy atom. The molecule has 0 amide bonds. The van der Waals surface area contributed by atoms with Gasteiger partial charge in [0.25, 0.3) is 0 Å².